The smallest absolute Gasteiger partial charge is 0.252 e. The van der Waals surface area contributed by atoms with Crippen molar-refractivity contribution in [2.45, 2.75) is 37.8 Å². The predicted molar refractivity (Wildman–Crippen MR) is 122 cm³/mol. The summed E-state index contributed by atoms with van der Waals surface area (Å²) < 4.78 is 5.05. The lowest BCUT2D eigenvalue weighted by Crippen LogP contribution is -2.49. The average molecular weight is 446 g/mol. The van der Waals surface area contributed by atoms with Gasteiger partial charge in [-0.1, -0.05) is 65.8 Å². The van der Waals surface area contributed by atoms with Gasteiger partial charge in [0.25, 0.3) is 5.91 Å². The number of anilines is 1. The highest BCUT2D eigenvalue weighted by Gasteiger charge is 2.47. The van der Waals surface area contributed by atoms with Crippen LogP contribution in [0.3, 0.4) is 0 Å². The van der Waals surface area contributed by atoms with Crippen LogP contribution in [0.5, 0.6) is 0 Å². The van der Waals surface area contributed by atoms with E-state index in [1.165, 1.54) is 0 Å². The molecule has 1 N–H and O–H groups in total. The summed E-state index contributed by atoms with van der Waals surface area (Å²) in [6.07, 6.45) is 1.56. The second-order valence-corrected chi connectivity index (χ2v) is 8.89. The van der Waals surface area contributed by atoms with Crippen LogP contribution in [0.15, 0.2) is 71.3 Å². The van der Waals surface area contributed by atoms with E-state index in [1.54, 1.807) is 13.0 Å². The van der Waals surface area contributed by atoms with E-state index in [4.69, 9.17) is 4.52 Å². The molecule has 2 fully saturated rings. The summed E-state index contributed by atoms with van der Waals surface area (Å²) in [6.45, 7) is 2.98. The van der Waals surface area contributed by atoms with Crippen molar-refractivity contribution in [3.05, 3.63) is 83.6 Å². The molecule has 7 heteroatoms. The molecule has 170 valence electrons. The highest BCUT2D eigenvalue weighted by Crippen LogP contribution is 2.42. The summed E-state index contributed by atoms with van der Waals surface area (Å²) in [7, 11) is 0. The third kappa shape index (κ3) is 3.77. The zero-order valence-electron chi connectivity index (χ0n) is 18.6. The SMILES string of the molecule is Cc1cc(N2C(=O)C[C@@H](N3CCC(C(O)(c4ccccc4)c4ccccc4)CC3)C2=O)no1. The Morgan fingerprint density at radius 1 is 0.970 bits per heavy atom. The number of benzene rings is 2. The Morgan fingerprint density at radius 2 is 1.55 bits per heavy atom. The van der Waals surface area contributed by atoms with Gasteiger partial charge in [0.2, 0.25) is 5.91 Å². The summed E-state index contributed by atoms with van der Waals surface area (Å²) >= 11 is 0. The van der Waals surface area contributed by atoms with Crippen molar-refractivity contribution in [3.63, 3.8) is 0 Å². The van der Waals surface area contributed by atoms with E-state index in [0.717, 1.165) is 16.0 Å². The van der Waals surface area contributed by atoms with Crippen LogP contribution >= 0.6 is 0 Å². The van der Waals surface area contributed by atoms with Gasteiger partial charge in [0.1, 0.15) is 11.4 Å². The van der Waals surface area contributed by atoms with Crippen LogP contribution in [0.2, 0.25) is 0 Å². The molecule has 0 saturated carbocycles. The van der Waals surface area contributed by atoms with E-state index in [0.29, 0.717) is 31.7 Å². The van der Waals surface area contributed by atoms with Gasteiger partial charge in [0.05, 0.1) is 12.5 Å². The van der Waals surface area contributed by atoms with Crippen molar-refractivity contribution in [3.8, 4) is 0 Å². The van der Waals surface area contributed by atoms with Crippen LogP contribution in [-0.2, 0) is 15.2 Å². The first-order valence-corrected chi connectivity index (χ1v) is 11.4. The van der Waals surface area contributed by atoms with Crippen LogP contribution in [-0.4, -0.2) is 46.1 Å². The van der Waals surface area contributed by atoms with Crippen LogP contribution in [0.1, 0.15) is 36.1 Å². The maximum atomic E-state index is 13.1. The Morgan fingerprint density at radius 3 is 2.06 bits per heavy atom. The topological polar surface area (TPSA) is 86.9 Å². The number of nitrogens with zero attached hydrogens (tertiary/aromatic N) is 3. The lowest BCUT2D eigenvalue weighted by atomic mass is 9.72. The zero-order valence-corrected chi connectivity index (χ0v) is 18.6. The number of likely N-dealkylation sites (tertiary alicyclic amines) is 1. The molecule has 3 heterocycles. The monoisotopic (exact) mass is 445 g/mol. The van der Waals surface area contributed by atoms with Crippen molar-refractivity contribution < 1.29 is 19.2 Å². The minimum atomic E-state index is -1.12. The summed E-state index contributed by atoms with van der Waals surface area (Å²) in [6, 6.07) is 20.6. The Hall–Kier alpha value is -3.29. The Bertz CT molecular complexity index is 1100. The molecule has 2 saturated heterocycles. The van der Waals surface area contributed by atoms with Crippen LogP contribution < -0.4 is 4.90 Å². The van der Waals surface area contributed by atoms with Crippen LogP contribution in [0, 0.1) is 12.8 Å². The number of hydrogen-bond donors (Lipinski definition) is 1. The fourth-order valence-electron chi connectivity index (χ4n) is 5.25. The molecule has 5 rings (SSSR count). The molecule has 1 atom stereocenters. The Kier molecular flexibility index (Phi) is 5.60. The van der Waals surface area contributed by atoms with Crippen molar-refractivity contribution >= 4 is 17.6 Å². The first-order valence-electron chi connectivity index (χ1n) is 11.4. The molecule has 3 aromatic rings. The first-order chi connectivity index (χ1) is 16.0. The van der Waals surface area contributed by atoms with Crippen LogP contribution in [0.25, 0.3) is 0 Å². The Labute approximate surface area is 192 Å². The standard InChI is InChI=1S/C26H27N3O4/c1-18-16-23(27-33-18)29-24(30)17-22(25(29)31)28-14-12-21(13-15-28)26(32,19-8-4-2-5-9-19)20-10-6-3-7-11-20/h2-11,16,21-22,32H,12-15,17H2,1H3/t22-/m1/s1. The molecule has 2 amide bonds. The number of carbonyl (C=O) groups is 2. The van der Waals surface area contributed by atoms with Gasteiger partial charge >= 0.3 is 0 Å². The van der Waals surface area contributed by atoms with E-state index in [2.05, 4.69) is 10.1 Å². The number of amides is 2. The number of piperidine rings is 1. The molecule has 0 bridgehead atoms. The molecule has 2 aliphatic heterocycles. The van der Waals surface area contributed by atoms with E-state index >= 15 is 0 Å². The maximum Gasteiger partial charge on any atom is 0.252 e. The highest BCUT2D eigenvalue weighted by molar-refractivity contribution is 6.21. The van der Waals surface area contributed by atoms with E-state index < -0.39 is 11.6 Å². The number of aryl methyl sites for hydroxylation is 1. The third-order valence-corrected chi connectivity index (χ3v) is 6.96. The van der Waals surface area contributed by atoms with Crippen molar-refractivity contribution in [1.29, 1.82) is 0 Å². The number of carbonyl (C=O) groups excluding carboxylic acids is 2. The van der Waals surface area contributed by atoms with Crippen molar-refractivity contribution in [2.24, 2.45) is 5.92 Å². The molecule has 0 unspecified atom stereocenters. The number of rotatable bonds is 5. The summed E-state index contributed by atoms with van der Waals surface area (Å²) in [5, 5.41) is 15.9. The quantitative estimate of drug-likeness (QED) is 0.607. The molecular formula is C26H27N3O4. The average Bonchev–Trinajstić information content (AvgIpc) is 3.41. The lowest BCUT2D eigenvalue weighted by molar-refractivity contribution is -0.123. The largest absolute Gasteiger partial charge is 0.380 e. The molecule has 0 aliphatic carbocycles. The van der Waals surface area contributed by atoms with E-state index in [1.807, 2.05) is 60.7 Å². The number of imide groups is 1. The van der Waals surface area contributed by atoms with Crippen LogP contribution in [0.4, 0.5) is 5.82 Å². The van der Waals surface area contributed by atoms with Gasteiger partial charge in [-0.3, -0.25) is 14.5 Å². The van der Waals surface area contributed by atoms with Gasteiger partial charge < -0.3 is 9.63 Å². The fraction of sp³-hybridized carbons (Fsp3) is 0.346. The maximum absolute atomic E-state index is 13.1. The number of hydrogen-bond acceptors (Lipinski definition) is 6. The van der Waals surface area contributed by atoms with Gasteiger partial charge in [-0.15, -0.1) is 0 Å². The molecule has 0 spiro atoms. The molecule has 7 nitrogen and oxygen atoms in total. The normalized spacial score (nSPS) is 20.5. The van der Waals surface area contributed by atoms with Crippen molar-refractivity contribution in [1.82, 2.24) is 10.1 Å². The highest BCUT2D eigenvalue weighted by atomic mass is 16.5. The third-order valence-electron chi connectivity index (χ3n) is 6.96. The molecular weight excluding hydrogens is 418 g/mol. The molecule has 2 aliphatic rings. The van der Waals surface area contributed by atoms with Crippen molar-refractivity contribution in [2.75, 3.05) is 18.0 Å². The zero-order chi connectivity index (χ0) is 23.0. The Balaban J connectivity index is 1.35. The van der Waals surface area contributed by atoms with Gasteiger partial charge in [-0.05, 0) is 49.9 Å². The second kappa shape index (κ2) is 8.57. The molecule has 33 heavy (non-hydrogen) atoms. The minimum Gasteiger partial charge on any atom is -0.380 e. The lowest BCUT2D eigenvalue weighted by Gasteiger charge is -2.43. The number of aromatic nitrogens is 1. The van der Waals surface area contributed by atoms with Gasteiger partial charge in [-0.25, -0.2) is 4.90 Å². The minimum absolute atomic E-state index is 0.0138. The molecule has 0 radical (unpaired) electrons. The predicted octanol–water partition coefficient (Wildman–Crippen LogP) is 3.26. The van der Waals surface area contributed by atoms with Gasteiger partial charge in [0, 0.05) is 6.07 Å². The molecule has 2 aromatic carbocycles. The first kappa shape index (κ1) is 21.6. The summed E-state index contributed by atoms with van der Waals surface area (Å²) in [5.41, 5.74) is 0.623. The number of aliphatic hydroxyl groups is 1. The fourth-order valence-corrected chi connectivity index (χ4v) is 5.25. The molecule has 1 aromatic heterocycles. The summed E-state index contributed by atoms with van der Waals surface area (Å²) in [4.78, 5) is 28.9. The van der Waals surface area contributed by atoms with Gasteiger partial charge in [-0.2, -0.15) is 0 Å². The summed E-state index contributed by atoms with van der Waals surface area (Å²) in [5.74, 6) is 0.275. The van der Waals surface area contributed by atoms with E-state index in [9.17, 15) is 14.7 Å². The van der Waals surface area contributed by atoms with E-state index in [-0.39, 0.29) is 30.0 Å². The second-order valence-electron chi connectivity index (χ2n) is 8.89. The van der Waals surface area contributed by atoms with Gasteiger partial charge in [0.15, 0.2) is 5.82 Å².